The molecule has 17 heavy (non-hydrogen) atoms. The van der Waals surface area contributed by atoms with E-state index in [2.05, 4.69) is 5.32 Å². The maximum absolute atomic E-state index is 10.3. The molecule has 3 rings (SSSR count). The zero-order chi connectivity index (χ0) is 12.0. The van der Waals surface area contributed by atoms with Crippen LogP contribution < -0.4 is 11.1 Å². The van der Waals surface area contributed by atoms with Crippen LogP contribution in [0.4, 0.5) is 0 Å². The van der Waals surface area contributed by atoms with E-state index in [-0.39, 0.29) is 0 Å². The Morgan fingerprint density at radius 3 is 2.94 bits per heavy atom. The lowest BCUT2D eigenvalue weighted by molar-refractivity contribution is 0.190. The molecule has 2 atom stereocenters. The van der Waals surface area contributed by atoms with Crippen LogP contribution in [0.15, 0.2) is 46.5 Å². The number of nitrogens with one attached hydrogen (secondary N) is 1. The molecule has 4 heteroatoms. The molecule has 0 spiro atoms. The SMILES string of the molecule is NC1=CC2=C(CC1)NC1=C(CC(O)C=C1)C2O. The Morgan fingerprint density at radius 2 is 2.12 bits per heavy atom. The smallest absolute Gasteiger partial charge is 0.104 e. The second-order valence-electron chi connectivity index (χ2n) is 4.75. The van der Waals surface area contributed by atoms with Crippen molar-refractivity contribution in [2.24, 2.45) is 5.73 Å². The topological polar surface area (TPSA) is 78.5 Å². The maximum Gasteiger partial charge on any atom is 0.104 e. The summed E-state index contributed by atoms with van der Waals surface area (Å²) < 4.78 is 0. The minimum atomic E-state index is -0.639. The lowest BCUT2D eigenvalue weighted by Gasteiger charge is -2.33. The van der Waals surface area contributed by atoms with Gasteiger partial charge in [-0.1, -0.05) is 6.08 Å². The molecule has 2 aliphatic carbocycles. The molecule has 5 N–H and O–H groups in total. The van der Waals surface area contributed by atoms with Crippen LogP contribution in [0.3, 0.4) is 0 Å². The third-order valence-corrected chi connectivity index (χ3v) is 3.52. The first-order valence-electron chi connectivity index (χ1n) is 5.88. The van der Waals surface area contributed by atoms with Gasteiger partial charge in [-0.3, -0.25) is 0 Å². The van der Waals surface area contributed by atoms with Crippen molar-refractivity contribution in [1.82, 2.24) is 5.32 Å². The van der Waals surface area contributed by atoms with Crippen molar-refractivity contribution in [2.75, 3.05) is 0 Å². The van der Waals surface area contributed by atoms with E-state index >= 15 is 0 Å². The van der Waals surface area contributed by atoms with Crippen LogP contribution >= 0.6 is 0 Å². The van der Waals surface area contributed by atoms with Crippen LogP contribution in [-0.2, 0) is 0 Å². The fourth-order valence-corrected chi connectivity index (χ4v) is 2.60. The normalized spacial score (nSPS) is 31.8. The average Bonchev–Trinajstić information content (AvgIpc) is 2.32. The van der Waals surface area contributed by atoms with Gasteiger partial charge in [0.15, 0.2) is 0 Å². The maximum atomic E-state index is 10.3. The summed E-state index contributed by atoms with van der Waals surface area (Å²) in [6.07, 6.45) is 6.44. The van der Waals surface area contributed by atoms with Gasteiger partial charge < -0.3 is 21.3 Å². The number of aliphatic hydroxyl groups is 2. The molecule has 1 aliphatic heterocycles. The van der Waals surface area contributed by atoms with Crippen LogP contribution in [0.25, 0.3) is 0 Å². The molecule has 0 saturated carbocycles. The Bertz CT molecular complexity index is 486. The van der Waals surface area contributed by atoms with Crippen molar-refractivity contribution in [1.29, 1.82) is 0 Å². The molecule has 0 bridgehead atoms. The van der Waals surface area contributed by atoms with Gasteiger partial charge in [0.25, 0.3) is 0 Å². The van der Waals surface area contributed by atoms with E-state index in [1.165, 1.54) is 0 Å². The fourth-order valence-electron chi connectivity index (χ4n) is 2.60. The molecule has 3 aliphatic rings. The van der Waals surface area contributed by atoms with Crippen molar-refractivity contribution in [3.63, 3.8) is 0 Å². The van der Waals surface area contributed by atoms with Crippen LogP contribution in [0.5, 0.6) is 0 Å². The van der Waals surface area contributed by atoms with E-state index in [4.69, 9.17) is 5.73 Å². The summed E-state index contributed by atoms with van der Waals surface area (Å²) in [5.74, 6) is 0. The van der Waals surface area contributed by atoms with Gasteiger partial charge in [0.2, 0.25) is 0 Å². The van der Waals surface area contributed by atoms with Gasteiger partial charge in [0, 0.05) is 29.1 Å². The summed E-state index contributed by atoms with van der Waals surface area (Å²) in [4.78, 5) is 0. The van der Waals surface area contributed by atoms with E-state index in [0.29, 0.717) is 6.42 Å². The molecule has 0 aromatic heterocycles. The van der Waals surface area contributed by atoms with Crippen molar-refractivity contribution in [3.05, 3.63) is 46.5 Å². The van der Waals surface area contributed by atoms with Gasteiger partial charge in [-0.05, 0) is 30.6 Å². The second-order valence-corrected chi connectivity index (χ2v) is 4.75. The van der Waals surface area contributed by atoms with E-state index < -0.39 is 12.2 Å². The largest absolute Gasteiger partial charge is 0.402 e. The van der Waals surface area contributed by atoms with Crippen molar-refractivity contribution in [3.8, 4) is 0 Å². The Hall–Kier alpha value is -1.52. The minimum absolute atomic E-state index is 0.477. The number of aliphatic hydroxyl groups excluding tert-OH is 2. The Balaban J connectivity index is 1.98. The lowest BCUT2D eigenvalue weighted by Crippen LogP contribution is -2.34. The highest BCUT2D eigenvalue weighted by atomic mass is 16.3. The predicted octanol–water partition coefficient (Wildman–Crippen LogP) is 0.416. The highest BCUT2D eigenvalue weighted by Gasteiger charge is 2.30. The molecule has 0 fully saturated rings. The predicted molar refractivity (Wildman–Crippen MR) is 64.5 cm³/mol. The monoisotopic (exact) mass is 232 g/mol. The number of allylic oxidation sites excluding steroid dienone is 3. The molecule has 1 heterocycles. The first kappa shape index (κ1) is 10.6. The molecular formula is C13H16N2O2. The number of dihydropyridines is 1. The molecule has 0 aromatic carbocycles. The summed E-state index contributed by atoms with van der Waals surface area (Å²) in [6.45, 7) is 0. The van der Waals surface area contributed by atoms with Gasteiger partial charge >= 0.3 is 0 Å². The zero-order valence-electron chi connectivity index (χ0n) is 9.48. The second kappa shape index (κ2) is 3.75. The number of nitrogens with two attached hydrogens (primary N) is 1. The average molecular weight is 232 g/mol. The van der Waals surface area contributed by atoms with Crippen molar-refractivity contribution in [2.45, 2.75) is 31.5 Å². The fraction of sp³-hybridized carbons (Fsp3) is 0.385. The minimum Gasteiger partial charge on any atom is -0.402 e. The number of hydrogen-bond acceptors (Lipinski definition) is 4. The van der Waals surface area contributed by atoms with Crippen LogP contribution in [-0.4, -0.2) is 22.4 Å². The summed E-state index contributed by atoms with van der Waals surface area (Å²) in [5, 5.41) is 23.3. The van der Waals surface area contributed by atoms with Gasteiger partial charge in [-0.15, -0.1) is 0 Å². The third kappa shape index (κ3) is 1.69. The van der Waals surface area contributed by atoms with Gasteiger partial charge in [0.1, 0.15) is 6.10 Å². The van der Waals surface area contributed by atoms with E-state index in [1.807, 2.05) is 12.2 Å². The molecule has 0 aromatic rings. The third-order valence-electron chi connectivity index (χ3n) is 3.52. The summed E-state index contributed by atoms with van der Waals surface area (Å²) in [5.41, 5.74) is 10.3. The number of rotatable bonds is 0. The van der Waals surface area contributed by atoms with E-state index in [1.54, 1.807) is 6.08 Å². The van der Waals surface area contributed by atoms with Gasteiger partial charge in [-0.2, -0.15) is 0 Å². The summed E-state index contributed by atoms with van der Waals surface area (Å²) in [6, 6.07) is 0. The van der Waals surface area contributed by atoms with Crippen molar-refractivity contribution >= 4 is 0 Å². The van der Waals surface area contributed by atoms with E-state index in [0.717, 1.165) is 41.1 Å². The van der Waals surface area contributed by atoms with Gasteiger partial charge in [-0.25, -0.2) is 0 Å². The number of hydrogen-bond donors (Lipinski definition) is 4. The molecule has 0 amide bonds. The lowest BCUT2D eigenvalue weighted by atomic mass is 9.84. The van der Waals surface area contributed by atoms with E-state index in [9.17, 15) is 10.2 Å². The Labute approximate surface area is 99.8 Å². The molecule has 90 valence electrons. The van der Waals surface area contributed by atoms with Crippen LogP contribution in [0.2, 0.25) is 0 Å². The zero-order valence-corrected chi connectivity index (χ0v) is 9.48. The Kier molecular flexibility index (Phi) is 2.34. The van der Waals surface area contributed by atoms with Crippen LogP contribution in [0.1, 0.15) is 19.3 Å². The quantitative estimate of drug-likeness (QED) is 0.488. The van der Waals surface area contributed by atoms with Gasteiger partial charge in [0.05, 0.1) is 6.10 Å². The standard InChI is InChI=1S/C13H16N2O2/c14-7-1-3-11-9(5-7)13(17)10-6-8(16)2-4-12(10)15-11/h2,4-5,8,13,15-17H,1,3,6,14H2. The Morgan fingerprint density at radius 1 is 1.29 bits per heavy atom. The first-order valence-corrected chi connectivity index (χ1v) is 5.88. The first-order chi connectivity index (χ1) is 8.15. The summed E-state index contributed by atoms with van der Waals surface area (Å²) >= 11 is 0. The molecule has 0 saturated heterocycles. The molecular weight excluding hydrogens is 216 g/mol. The molecule has 2 unspecified atom stereocenters. The molecule has 4 nitrogen and oxygen atoms in total. The van der Waals surface area contributed by atoms with Crippen LogP contribution in [0, 0.1) is 0 Å². The molecule has 0 radical (unpaired) electrons. The van der Waals surface area contributed by atoms with Crippen molar-refractivity contribution < 1.29 is 10.2 Å². The summed E-state index contributed by atoms with van der Waals surface area (Å²) in [7, 11) is 0. The highest BCUT2D eigenvalue weighted by molar-refractivity contribution is 5.49. The highest BCUT2D eigenvalue weighted by Crippen LogP contribution is 2.34.